The molecule has 2 heterocycles. The number of carbonyl (C=O) groups is 1. The zero-order valence-electron chi connectivity index (χ0n) is 11.0. The number of aromatic nitrogens is 4. The van der Waals surface area contributed by atoms with Gasteiger partial charge >= 0.3 is 5.97 Å². The highest BCUT2D eigenvalue weighted by Crippen LogP contribution is 2.21. The van der Waals surface area contributed by atoms with E-state index in [-0.39, 0.29) is 17.8 Å². The second-order valence-electron chi connectivity index (χ2n) is 5.07. The van der Waals surface area contributed by atoms with E-state index in [1.165, 1.54) is 7.11 Å². The molecule has 0 bridgehead atoms. The van der Waals surface area contributed by atoms with E-state index in [2.05, 4.69) is 40.6 Å². The predicted molar refractivity (Wildman–Crippen MR) is 65.2 cm³/mol. The number of ether oxygens (including phenoxy) is 1. The fourth-order valence-corrected chi connectivity index (χ4v) is 1.68. The number of hydrogen-bond acceptors (Lipinski definition) is 5. The largest absolute Gasteiger partial charge is 0.469 e. The summed E-state index contributed by atoms with van der Waals surface area (Å²) in [7, 11) is 1.34. The standard InChI is InChI=1S/C12H16N4O2/c1-12(2,3)8-5-6-13-11-14-9(15-16(8)11)7-10(17)18-4/h5-6H,7H2,1-4H3. The summed E-state index contributed by atoms with van der Waals surface area (Å²) < 4.78 is 6.28. The van der Waals surface area contributed by atoms with Gasteiger partial charge in [-0.25, -0.2) is 9.50 Å². The molecule has 2 rings (SSSR count). The molecule has 6 nitrogen and oxygen atoms in total. The minimum Gasteiger partial charge on any atom is -0.469 e. The van der Waals surface area contributed by atoms with Crippen molar-refractivity contribution in [3.8, 4) is 0 Å². The van der Waals surface area contributed by atoms with Crippen LogP contribution in [0, 0.1) is 0 Å². The Labute approximate surface area is 105 Å². The molecule has 0 aliphatic rings. The van der Waals surface area contributed by atoms with Crippen LogP contribution in [-0.2, 0) is 21.4 Å². The zero-order chi connectivity index (χ0) is 13.3. The van der Waals surface area contributed by atoms with E-state index >= 15 is 0 Å². The van der Waals surface area contributed by atoms with E-state index < -0.39 is 0 Å². The van der Waals surface area contributed by atoms with Crippen molar-refractivity contribution < 1.29 is 9.53 Å². The number of methoxy groups -OCH3 is 1. The van der Waals surface area contributed by atoms with Gasteiger partial charge in [0.25, 0.3) is 5.78 Å². The zero-order valence-corrected chi connectivity index (χ0v) is 11.0. The predicted octanol–water partition coefficient (Wildman–Crippen LogP) is 1.14. The topological polar surface area (TPSA) is 69.4 Å². The second kappa shape index (κ2) is 4.36. The summed E-state index contributed by atoms with van der Waals surface area (Å²) in [6, 6.07) is 1.91. The summed E-state index contributed by atoms with van der Waals surface area (Å²) in [5, 5.41) is 4.31. The molecule has 0 aliphatic heterocycles. The number of nitrogens with zero attached hydrogens (tertiary/aromatic N) is 4. The minimum absolute atomic E-state index is 0.0590. The third-order valence-corrected chi connectivity index (χ3v) is 2.58. The smallest absolute Gasteiger partial charge is 0.313 e. The first-order valence-corrected chi connectivity index (χ1v) is 5.70. The lowest BCUT2D eigenvalue weighted by molar-refractivity contribution is -0.139. The van der Waals surface area contributed by atoms with Crippen molar-refractivity contribution in [1.29, 1.82) is 0 Å². The van der Waals surface area contributed by atoms with E-state index in [9.17, 15) is 4.79 Å². The van der Waals surface area contributed by atoms with Gasteiger partial charge in [0.1, 0.15) is 6.42 Å². The van der Waals surface area contributed by atoms with Gasteiger partial charge < -0.3 is 4.74 Å². The third-order valence-electron chi connectivity index (χ3n) is 2.58. The van der Waals surface area contributed by atoms with Crippen LogP contribution in [-0.4, -0.2) is 32.7 Å². The Bertz CT molecular complexity index is 583. The quantitative estimate of drug-likeness (QED) is 0.745. The summed E-state index contributed by atoms with van der Waals surface area (Å²) in [6.45, 7) is 6.26. The van der Waals surface area contributed by atoms with Crippen LogP contribution in [0.4, 0.5) is 0 Å². The molecule has 0 fully saturated rings. The normalized spacial score (nSPS) is 11.8. The van der Waals surface area contributed by atoms with Gasteiger partial charge in [-0.3, -0.25) is 4.79 Å². The van der Waals surface area contributed by atoms with Gasteiger partial charge in [-0.05, 0) is 6.07 Å². The summed E-state index contributed by atoms with van der Waals surface area (Å²) in [4.78, 5) is 19.6. The molecule has 0 aliphatic carbocycles. The number of hydrogen-bond donors (Lipinski definition) is 0. The van der Waals surface area contributed by atoms with E-state index in [0.29, 0.717) is 11.6 Å². The number of carbonyl (C=O) groups excluding carboxylic acids is 1. The molecule has 18 heavy (non-hydrogen) atoms. The second-order valence-corrected chi connectivity index (χ2v) is 5.07. The van der Waals surface area contributed by atoms with Crippen molar-refractivity contribution in [1.82, 2.24) is 19.6 Å². The molecule has 2 aromatic heterocycles. The maximum absolute atomic E-state index is 11.2. The van der Waals surface area contributed by atoms with Crippen molar-refractivity contribution >= 4 is 11.7 Å². The van der Waals surface area contributed by atoms with Gasteiger partial charge in [0.2, 0.25) is 0 Å². The maximum atomic E-state index is 11.2. The average molecular weight is 248 g/mol. The van der Waals surface area contributed by atoms with Crippen molar-refractivity contribution in [2.45, 2.75) is 32.6 Å². The van der Waals surface area contributed by atoms with Gasteiger partial charge in [0.15, 0.2) is 5.82 Å². The van der Waals surface area contributed by atoms with Crippen LogP contribution in [0.5, 0.6) is 0 Å². The number of esters is 1. The first-order valence-electron chi connectivity index (χ1n) is 5.70. The monoisotopic (exact) mass is 248 g/mol. The Morgan fingerprint density at radius 1 is 1.44 bits per heavy atom. The third kappa shape index (κ3) is 2.32. The van der Waals surface area contributed by atoms with Gasteiger partial charge in [0, 0.05) is 11.6 Å². The molecule has 2 aromatic rings. The molecule has 0 amide bonds. The molecule has 0 aromatic carbocycles. The van der Waals surface area contributed by atoms with Crippen LogP contribution in [0.2, 0.25) is 0 Å². The summed E-state index contributed by atoms with van der Waals surface area (Å²) in [6.07, 6.45) is 1.76. The fraction of sp³-hybridized carbons (Fsp3) is 0.500. The molecule has 0 saturated heterocycles. The van der Waals surface area contributed by atoms with E-state index in [4.69, 9.17) is 0 Å². The van der Waals surface area contributed by atoms with E-state index in [0.717, 1.165) is 5.69 Å². The van der Waals surface area contributed by atoms with Crippen LogP contribution in [0.3, 0.4) is 0 Å². The first-order chi connectivity index (χ1) is 8.41. The van der Waals surface area contributed by atoms with Crippen molar-refractivity contribution in [2.75, 3.05) is 7.11 Å². The van der Waals surface area contributed by atoms with Crippen molar-refractivity contribution in [3.63, 3.8) is 0 Å². The van der Waals surface area contributed by atoms with Gasteiger partial charge in [-0.1, -0.05) is 20.8 Å². The molecule has 0 N–H and O–H groups in total. The lowest BCUT2D eigenvalue weighted by Crippen LogP contribution is -2.17. The lowest BCUT2D eigenvalue weighted by atomic mass is 9.92. The molecular weight excluding hydrogens is 232 g/mol. The van der Waals surface area contributed by atoms with E-state index in [1.54, 1.807) is 10.7 Å². The number of fused-ring (bicyclic) bond motifs is 1. The molecule has 0 radical (unpaired) electrons. The Morgan fingerprint density at radius 3 is 2.78 bits per heavy atom. The summed E-state index contributed by atoms with van der Waals surface area (Å²) in [5.74, 6) is 0.565. The van der Waals surface area contributed by atoms with Crippen molar-refractivity contribution in [2.24, 2.45) is 0 Å². The van der Waals surface area contributed by atoms with Gasteiger partial charge in [0.05, 0.1) is 12.8 Å². The van der Waals surface area contributed by atoms with Gasteiger partial charge in [-0.15, -0.1) is 5.10 Å². The van der Waals surface area contributed by atoms with Crippen LogP contribution in [0.25, 0.3) is 5.78 Å². The first kappa shape index (κ1) is 12.5. The molecule has 0 atom stereocenters. The molecule has 0 unspecified atom stereocenters. The highest BCUT2D eigenvalue weighted by Gasteiger charge is 2.20. The molecule has 96 valence electrons. The van der Waals surface area contributed by atoms with Crippen LogP contribution >= 0.6 is 0 Å². The highest BCUT2D eigenvalue weighted by atomic mass is 16.5. The van der Waals surface area contributed by atoms with Crippen LogP contribution < -0.4 is 0 Å². The van der Waals surface area contributed by atoms with E-state index in [1.807, 2.05) is 6.07 Å². The highest BCUT2D eigenvalue weighted by molar-refractivity contribution is 5.71. The van der Waals surface area contributed by atoms with Crippen molar-refractivity contribution in [3.05, 3.63) is 23.8 Å². The number of rotatable bonds is 2. The Kier molecular flexibility index (Phi) is 3.02. The SMILES string of the molecule is COC(=O)Cc1nc2nccc(C(C)(C)C)n2n1. The molecular formula is C12H16N4O2. The molecule has 0 saturated carbocycles. The van der Waals surface area contributed by atoms with Crippen LogP contribution in [0.15, 0.2) is 12.3 Å². The fourth-order valence-electron chi connectivity index (χ4n) is 1.68. The maximum Gasteiger partial charge on any atom is 0.313 e. The Morgan fingerprint density at radius 2 is 2.17 bits per heavy atom. The minimum atomic E-state index is -0.358. The lowest BCUT2D eigenvalue weighted by Gasteiger charge is -2.18. The average Bonchev–Trinajstić information content (AvgIpc) is 2.68. The van der Waals surface area contributed by atoms with Crippen LogP contribution in [0.1, 0.15) is 32.3 Å². The Hall–Kier alpha value is -1.98. The molecule has 6 heteroatoms. The van der Waals surface area contributed by atoms with Gasteiger partial charge in [-0.2, -0.15) is 4.98 Å². The summed E-state index contributed by atoms with van der Waals surface area (Å²) >= 11 is 0. The molecule has 0 spiro atoms. The Balaban J connectivity index is 2.48. The summed E-state index contributed by atoms with van der Waals surface area (Å²) in [5.41, 5.74) is 0.924.